The molecule has 0 saturated heterocycles. The van der Waals surface area contributed by atoms with E-state index in [-0.39, 0.29) is 23.9 Å². The van der Waals surface area contributed by atoms with E-state index in [1.54, 1.807) is 0 Å². The van der Waals surface area contributed by atoms with Gasteiger partial charge < -0.3 is 11.1 Å². The molecule has 3 N–H and O–H groups in total. The van der Waals surface area contributed by atoms with Crippen LogP contribution in [0.5, 0.6) is 0 Å². The second kappa shape index (κ2) is 6.79. The zero-order valence-electron chi connectivity index (χ0n) is 10.6. The molecule has 1 amide bonds. The van der Waals surface area contributed by atoms with Crippen LogP contribution in [0, 0.1) is 21.8 Å². The summed E-state index contributed by atoms with van der Waals surface area (Å²) in [5.41, 5.74) is 5.02. The van der Waals surface area contributed by atoms with Gasteiger partial charge in [-0.2, -0.15) is 4.39 Å². The molecule has 0 aromatic heterocycles. The van der Waals surface area contributed by atoms with E-state index < -0.39 is 16.4 Å². The summed E-state index contributed by atoms with van der Waals surface area (Å²) in [6, 6.07) is 3.25. The number of nitro benzene ring substituents is 1. The number of carbonyl (C=O) groups is 1. The molecule has 0 aliphatic carbocycles. The molecule has 104 valence electrons. The van der Waals surface area contributed by atoms with Crippen LogP contribution in [0.3, 0.4) is 0 Å². The summed E-state index contributed by atoms with van der Waals surface area (Å²) in [6.07, 6.45) is 0.911. The van der Waals surface area contributed by atoms with E-state index in [1.165, 1.54) is 6.07 Å². The number of anilines is 1. The average molecular weight is 269 g/mol. The van der Waals surface area contributed by atoms with Crippen molar-refractivity contribution in [2.75, 3.05) is 11.9 Å². The lowest BCUT2D eigenvalue weighted by atomic mass is 10.1. The second-order valence-corrected chi connectivity index (χ2v) is 4.35. The number of hydrogen-bond acceptors (Lipinski definition) is 4. The standard InChI is InChI=1S/C12H16FN3O3/c1-8(7-14)2-5-12(17)15-9-3-4-11(16(18)19)10(13)6-9/h3-4,6,8H,2,5,7,14H2,1H3,(H,15,17). The molecule has 0 saturated carbocycles. The highest BCUT2D eigenvalue weighted by molar-refractivity contribution is 5.90. The van der Waals surface area contributed by atoms with Gasteiger partial charge in [0.2, 0.25) is 11.7 Å². The number of carbonyl (C=O) groups excluding carboxylic acids is 1. The summed E-state index contributed by atoms with van der Waals surface area (Å²) in [5, 5.41) is 12.9. The first-order valence-corrected chi connectivity index (χ1v) is 5.88. The highest BCUT2D eigenvalue weighted by Gasteiger charge is 2.14. The Morgan fingerprint density at radius 3 is 2.79 bits per heavy atom. The van der Waals surface area contributed by atoms with Crippen LogP contribution < -0.4 is 11.1 Å². The summed E-state index contributed by atoms with van der Waals surface area (Å²) < 4.78 is 13.3. The van der Waals surface area contributed by atoms with Gasteiger partial charge in [0.25, 0.3) is 0 Å². The molecule has 1 unspecified atom stereocenters. The van der Waals surface area contributed by atoms with Gasteiger partial charge >= 0.3 is 5.69 Å². The van der Waals surface area contributed by atoms with Gasteiger partial charge in [-0.25, -0.2) is 0 Å². The maximum atomic E-state index is 13.3. The maximum absolute atomic E-state index is 13.3. The summed E-state index contributed by atoms with van der Waals surface area (Å²) in [4.78, 5) is 21.2. The largest absolute Gasteiger partial charge is 0.330 e. The van der Waals surface area contributed by atoms with E-state index in [0.29, 0.717) is 13.0 Å². The van der Waals surface area contributed by atoms with Crippen molar-refractivity contribution in [2.24, 2.45) is 11.7 Å². The Hall–Kier alpha value is -2.02. The third kappa shape index (κ3) is 4.63. The minimum Gasteiger partial charge on any atom is -0.330 e. The first-order chi connectivity index (χ1) is 8.93. The van der Waals surface area contributed by atoms with Crippen molar-refractivity contribution < 1.29 is 14.1 Å². The van der Waals surface area contributed by atoms with E-state index in [2.05, 4.69) is 5.32 Å². The summed E-state index contributed by atoms with van der Waals surface area (Å²) in [5.74, 6) is -1.01. The van der Waals surface area contributed by atoms with Crippen LogP contribution in [-0.2, 0) is 4.79 Å². The van der Waals surface area contributed by atoms with Crippen LogP contribution in [0.25, 0.3) is 0 Å². The number of halogens is 1. The topological polar surface area (TPSA) is 98.3 Å². The van der Waals surface area contributed by atoms with Gasteiger partial charge in [0.1, 0.15) is 0 Å². The Morgan fingerprint density at radius 1 is 1.58 bits per heavy atom. The fraction of sp³-hybridized carbons (Fsp3) is 0.417. The number of hydrogen-bond donors (Lipinski definition) is 2. The van der Waals surface area contributed by atoms with E-state index in [0.717, 1.165) is 12.1 Å². The van der Waals surface area contributed by atoms with Crippen molar-refractivity contribution in [1.29, 1.82) is 0 Å². The molecule has 1 aromatic rings. The number of nitrogens with two attached hydrogens (primary N) is 1. The number of amides is 1. The van der Waals surface area contributed by atoms with E-state index in [9.17, 15) is 19.3 Å². The molecule has 0 aliphatic heterocycles. The van der Waals surface area contributed by atoms with Crippen molar-refractivity contribution in [3.05, 3.63) is 34.1 Å². The van der Waals surface area contributed by atoms with Gasteiger partial charge in [-0.3, -0.25) is 14.9 Å². The van der Waals surface area contributed by atoms with Crippen LogP contribution >= 0.6 is 0 Å². The zero-order valence-corrected chi connectivity index (χ0v) is 10.6. The fourth-order valence-electron chi connectivity index (χ4n) is 1.45. The Bertz CT molecular complexity index is 479. The SMILES string of the molecule is CC(CN)CCC(=O)Nc1ccc([N+](=O)[O-])c(F)c1. The lowest BCUT2D eigenvalue weighted by Gasteiger charge is -2.08. The van der Waals surface area contributed by atoms with Crippen molar-refractivity contribution >= 4 is 17.3 Å². The summed E-state index contributed by atoms with van der Waals surface area (Å²) in [6.45, 7) is 2.43. The van der Waals surface area contributed by atoms with Crippen LogP contribution in [0.2, 0.25) is 0 Å². The summed E-state index contributed by atoms with van der Waals surface area (Å²) in [7, 11) is 0. The summed E-state index contributed by atoms with van der Waals surface area (Å²) >= 11 is 0. The molecule has 0 radical (unpaired) electrons. The fourth-order valence-corrected chi connectivity index (χ4v) is 1.45. The van der Waals surface area contributed by atoms with Crippen molar-refractivity contribution in [1.82, 2.24) is 0 Å². The maximum Gasteiger partial charge on any atom is 0.304 e. The number of nitrogens with one attached hydrogen (secondary N) is 1. The molecule has 6 nitrogen and oxygen atoms in total. The molecule has 1 rings (SSSR count). The molecule has 0 bridgehead atoms. The number of nitro groups is 1. The van der Waals surface area contributed by atoms with Crippen molar-refractivity contribution in [3.8, 4) is 0 Å². The third-order valence-corrected chi connectivity index (χ3v) is 2.69. The van der Waals surface area contributed by atoms with Crippen LogP contribution in [0.1, 0.15) is 19.8 Å². The predicted octanol–water partition coefficient (Wildman–Crippen LogP) is 2.05. The molecule has 1 atom stereocenters. The molecule has 7 heteroatoms. The first kappa shape index (κ1) is 15.0. The predicted molar refractivity (Wildman–Crippen MR) is 69.1 cm³/mol. The zero-order chi connectivity index (χ0) is 14.4. The van der Waals surface area contributed by atoms with E-state index >= 15 is 0 Å². The third-order valence-electron chi connectivity index (χ3n) is 2.69. The van der Waals surface area contributed by atoms with Gasteiger partial charge in [0.05, 0.1) is 4.92 Å². The highest BCUT2D eigenvalue weighted by Crippen LogP contribution is 2.21. The monoisotopic (exact) mass is 269 g/mol. The van der Waals surface area contributed by atoms with Gasteiger partial charge in [-0.1, -0.05) is 6.92 Å². The average Bonchev–Trinajstić information content (AvgIpc) is 2.35. The second-order valence-electron chi connectivity index (χ2n) is 4.35. The number of benzene rings is 1. The quantitative estimate of drug-likeness (QED) is 0.610. The Morgan fingerprint density at radius 2 is 2.26 bits per heavy atom. The Kier molecular flexibility index (Phi) is 5.37. The molecule has 0 fully saturated rings. The highest BCUT2D eigenvalue weighted by atomic mass is 19.1. The van der Waals surface area contributed by atoms with Crippen LogP contribution in [0.15, 0.2) is 18.2 Å². The van der Waals surface area contributed by atoms with Gasteiger partial charge in [-0.15, -0.1) is 0 Å². The van der Waals surface area contributed by atoms with Gasteiger partial charge in [0.15, 0.2) is 0 Å². The van der Waals surface area contributed by atoms with Gasteiger partial charge in [0, 0.05) is 24.2 Å². The lowest BCUT2D eigenvalue weighted by molar-refractivity contribution is -0.387. The van der Waals surface area contributed by atoms with E-state index in [1.807, 2.05) is 6.92 Å². The molecular formula is C12H16FN3O3. The smallest absolute Gasteiger partial charge is 0.304 e. The van der Waals surface area contributed by atoms with Gasteiger partial charge in [-0.05, 0) is 24.9 Å². The Labute approximate surface area is 109 Å². The molecule has 0 heterocycles. The van der Waals surface area contributed by atoms with Crippen molar-refractivity contribution in [2.45, 2.75) is 19.8 Å². The normalized spacial score (nSPS) is 11.9. The molecular weight excluding hydrogens is 253 g/mol. The minimum atomic E-state index is -0.974. The molecule has 1 aromatic carbocycles. The van der Waals surface area contributed by atoms with E-state index in [4.69, 9.17) is 5.73 Å². The lowest BCUT2D eigenvalue weighted by Crippen LogP contribution is -2.16. The number of nitrogens with zero attached hydrogens (tertiary/aromatic N) is 1. The molecule has 0 spiro atoms. The minimum absolute atomic E-state index is 0.202. The molecule has 19 heavy (non-hydrogen) atoms. The van der Waals surface area contributed by atoms with Crippen LogP contribution in [0.4, 0.5) is 15.8 Å². The van der Waals surface area contributed by atoms with Crippen molar-refractivity contribution in [3.63, 3.8) is 0 Å². The molecule has 0 aliphatic rings. The Balaban J connectivity index is 2.60. The first-order valence-electron chi connectivity index (χ1n) is 5.88. The number of rotatable bonds is 6. The van der Waals surface area contributed by atoms with Crippen LogP contribution in [-0.4, -0.2) is 17.4 Å².